The number of nitrogens with one attached hydrogen (secondary N) is 3. The number of ether oxygens (including phenoxy) is 1. The van der Waals surface area contributed by atoms with Crippen LogP contribution in [0.25, 0.3) is 5.57 Å². The van der Waals surface area contributed by atoms with Gasteiger partial charge in [-0.15, -0.1) is 0 Å². The first kappa shape index (κ1) is 17.5. The molecule has 0 aromatic heterocycles. The lowest BCUT2D eigenvalue weighted by Crippen LogP contribution is -2.27. The van der Waals surface area contributed by atoms with Crippen LogP contribution in [0.4, 0.5) is 21.9 Å². The van der Waals surface area contributed by atoms with E-state index in [1.165, 1.54) is 0 Å². The SMILES string of the molecule is CC(C)(C)OC(=O)Nc1ccc(N/C=C2\C(=O)Nc3ccccc32)cc1. The Morgan fingerprint density at radius 1 is 1.04 bits per heavy atom. The van der Waals surface area contributed by atoms with Crippen molar-refractivity contribution in [3.8, 4) is 0 Å². The minimum absolute atomic E-state index is 0.137. The predicted octanol–water partition coefficient (Wildman–Crippen LogP) is 4.44. The summed E-state index contributed by atoms with van der Waals surface area (Å²) < 4.78 is 5.21. The zero-order valence-corrected chi connectivity index (χ0v) is 14.9. The summed E-state index contributed by atoms with van der Waals surface area (Å²) in [6, 6.07) is 14.7. The lowest BCUT2D eigenvalue weighted by Gasteiger charge is -2.19. The highest BCUT2D eigenvalue weighted by Gasteiger charge is 2.23. The number of anilines is 3. The number of carbonyl (C=O) groups is 2. The first-order valence-electron chi connectivity index (χ1n) is 8.29. The molecule has 2 aromatic carbocycles. The fourth-order valence-electron chi connectivity index (χ4n) is 2.51. The quantitative estimate of drug-likeness (QED) is 0.714. The monoisotopic (exact) mass is 351 g/mol. The maximum atomic E-state index is 12.1. The van der Waals surface area contributed by atoms with Crippen molar-refractivity contribution < 1.29 is 14.3 Å². The normalized spacial score (nSPS) is 14.6. The third kappa shape index (κ3) is 4.22. The molecule has 6 heteroatoms. The Balaban J connectivity index is 1.65. The van der Waals surface area contributed by atoms with E-state index >= 15 is 0 Å². The van der Waals surface area contributed by atoms with Crippen molar-refractivity contribution in [3.05, 3.63) is 60.3 Å². The maximum Gasteiger partial charge on any atom is 0.412 e. The molecule has 3 rings (SSSR count). The van der Waals surface area contributed by atoms with E-state index in [9.17, 15) is 9.59 Å². The molecule has 0 atom stereocenters. The van der Waals surface area contributed by atoms with Gasteiger partial charge in [-0.2, -0.15) is 0 Å². The third-order valence-corrected chi connectivity index (χ3v) is 3.62. The topological polar surface area (TPSA) is 79.5 Å². The van der Waals surface area contributed by atoms with Crippen LogP contribution in [0.15, 0.2) is 54.7 Å². The molecule has 3 N–H and O–H groups in total. The largest absolute Gasteiger partial charge is 0.444 e. The van der Waals surface area contributed by atoms with Crippen molar-refractivity contribution in [2.24, 2.45) is 0 Å². The molecule has 0 aliphatic carbocycles. The van der Waals surface area contributed by atoms with Gasteiger partial charge in [0.2, 0.25) is 0 Å². The van der Waals surface area contributed by atoms with Gasteiger partial charge in [-0.25, -0.2) is 4.79 Å². The van der Waals surface area contributed by atoms with Crippen LogP contribution >= 0.6 is 0 Å². The van der Waals surface area contributed by atoms with Crippen molar-refractivity contribution in [1.82, 2.24) is 0 Å². The Hall–Kier alpha value is -3.28. The number of hydrogen-bond donors (Lipinski definition) is 3. The van der Waals surface area contributed by atoms with Gasteiger partial charge in [-0.05, 0) is 51.1 Å². The molecule has 0 saturated carbocycles. The summed E-state index contributed by atoms with van der Waals surface area (Å²) in [5.74, 6) is -0.137. The smallest absolute Gasteiger partial charge is 0.412 e. The van der Waals surface area contributed by atoms with Crippen LogP contribution in [0.1, 0.15) is 26.3 Å². The summed E-state index contributed by atoms with van der Waals surface area (Å²) in [5.41, 5.74) is 3.13. The molecule has 1 heterocycles. The molecule has 0 bridgehead atoms. The zero-order chi connectivity index (χ0) is 18.7. The van der Waals surface area contributed by atoms with Crippen molar-refractivity contribution in [2.75, 3.05) is 16.0 Å². The van der Waals surface area contributed by atoms with Crippen LogP contribution in [-0.2, 0) is 9.53 Å². The first-order valence-corrected chi connectivity index (χ1v) is 8.29. The number of carbonyl (C=O) groups excluding carboxylic acids is 2. The van der Waals surface area contributed by atoms with E-state index in [4.69, 9.17) is 4.74 Å². The average molecular weight is 351 g/mol. The molecule has 2 amide bonds. The number of fused-ring (bicyclic) bond motifs is 1. The predicted molar refractivity (Wildman–Crippen MR) is 103 cm³/mol. The minimum Gasteiger partial charge on any atom is -0.444 e. The van der Waals surface area contributed by atoms with Crippen molar-refractivity contribution in [1.29, 1.82) is 0 Å². The molecule has 0 spiro atoms. The minimum atomic E-state index is -0.546. The van der Waals surface area contributed by atoms with Crippen LogP contribution in [0, 0.1) is 0 Å². The Kier molecular flexibility index (Phi) is 4.67. The molecule has 6 nitrogen and oxygen atoms in total. The number of para-hydroxylation sites is 1. The van der Waals surface area contributed by atoms with Gasteiger partial charge < -0.3 is 15.4 Å². The molecule has 0 saturated heterocycles. The van der Waals surface area contributed by atoms with Crippen molar-refractivity contribution in [2.45, 2.75) is 26.4 Å². The molecule has 0 unspecified atom stereocenters. The number of amides is 2. The number of rotatable bonds is 3. The molecular weight excluding hydrogens is 330 g/mol. The molecule has 134 valence electrons. The lowest BCUT2D eigenvalue weighted by atomic mass is 10.1. The fraction of sp³-hybridized carbons (Fsp3) is 0.200. The standard InChI is InChI=1S/C20H21N3O3/c1-20(2,3)26-19(25)22-14-10-8-13(9-11-14)21-12-16-15-6-4-5-7-17(15)23-18(16)24/h4-12,21H,1-3H3,(H,22,25)(H,23,24)/b16-12-. The number of benzene rings is 2. The first-order chi connectivity index (χ1) is 12.3. The summed E-state index contributed by atoms with van der Waals surface area (Å²) in [6.45, 7) is 5.43. The van der Waals surface area contributed by atoms with Gasteiger partial charge >= 0.3 is 6.09 Å². The summed E-state index contributed by atoms with van der Waals surface area (Å²) >= 11 is 0. The van der Waals surface area contributed by atoms with E-state index < -0.39 is 11.7 Å². The molecule has 0 fully saturated rings. The highest BCUT2D eigenvalue weighted by atomic mass is 16.6. The van der Waals surface area contributed by atoms with Crippen molar-refractivity contribution in [3.63, 3.8) is 0 Å². The van der Waals surface area contributed by atoms with Gasteiger partial charge in [-0.3, -0.25) is 10.1 Å². The Labute approximate surface area is 152 Å². The van der Waals surface area contributed by atoms with Gasteiger partial charge in [0.1, 0.15) is 5.60 Å². The highest BCUT2D eigenvalue weighted by Crippen LogP contribution is 2.31. The second-order valence-electron chi connectivity index (χ2n) is 6.91. The summed E-state index contributed by atoms with van der Waals surface area (Å²) in [4.78, 5) is 23.8. The lowest BCUT2D eigenvalue weighted by molar-refractivity contribution is -0.110. The van der Waals surface area contributed by atoms with E-state index in [0.29, 0.717) is 11.3 Å². The Morgan fingerprint density at radius 3 is 2.38 bits per heavy atom. The fourth-order valence-corrected chi connectivity index (χ4v) is 2.51. The van der Waals surface area contributed by atoms with Gasteiger partial charge in [0, 0.05) is 28.8 Å². The molecule has 1 aliphatic rings. The van der Waals surface area contributed by atoms with Gasteiger partial charge in [0.25, 0.3) is 5.91 Å². The van der Waals surface area contributed by atoms with Crippen LogP contribution in [0.2, 0.25) is 0 Å². The maximum absolute atomic E-state index is 12.1. The number of hydrogen-bond acceptors (Lipinski definition) is 4. The third-order valence-electron chi connectivity index (χ3n) is 3.62. The highest BCUT2D eigenvalue weighted by molar-refractivity contribution is 6.31. The van der Waals surface area contributed by atoms with Crippen molar-refractivity contribution >= 4 is 34.6 Å². The molecule has 1 aliphatic heterocycles. The molecule has 0 radical (unpaired) electrons. The summed E-state index contributed by atoms with van der Waals surface area (Å²) in [6.07, 6.45) is 1.18. The Morgan fingerprint density at radius 2 is 1.69 bits per heavy atom. The van der Waals surface area contributed by atoms with Crippen LogP contribution in [0.3, 0.4) is 0 Å². The summed E-state index contributed by atoms with van der Waals surface area (Å²) in [7, 11) is 0. The molecular formula is C20H21N3O3. The van der Waals surface area contributed by atoms with Gasteiger partial charge in [-0.1, -0.05) is 18.2 Å². The van der Waals surface area contributed by atoms with Crippen LogP contribution in [-0.4, -0.2) is 17.6 Å². The van der Waals surface area contributed by atoms with Gasteiger partial charge in [0.15, 0.2) is 0 Å². The van der Waals surface area contributed by atoms with Crippen LogP contribution in [0.5, 0.6) is 0 Å². The second kappa shape index (κ2) is 6.92. The van der Waals surface area contributed by atoms with Crippen LogP contribution < -0.4 is 16.0 Å². The van der Waals surface area contributed by atoms with E-state index in [0.717, 1.165) is 16.9 Å². The Bertz CT molecular complexity index is 865. The average Bonchev–Trinajstić information content (AvgIpc) is 2.88. The molecule has 26 heavy (non-hydrogen) atoms. The zero-order valence-electron chi connectivity index (χ0n) is 14.9. The van der Waals surface area contributed by atoms with E-state index in [-0.39, 0.29) is 5.91 Å². The van der Waals surface area contributed by atoms with E-state index in [1.807, 2.05) is 57.2 Å². The second-order valence-corrected chi connectivity index (χ2v) is 6.91. The molecule has 2 aromatic rings. The van der Waals surface area contributed by atoms with Gasteiger partial charge in [0.05, 0.1) is 5.57 Å². The van der Waals surface area contributed by atoms with E-state index in [2.05, 4.69) is 16.0 Å². The van der Waals surface area contributed by atoms with E-state index in [1.54, 1.807) is 18.3 Å². The summed E-state index contributed by atoms with van der Waals surface area (Å²) in [5, 5.41) is 8.61.